The van der Waals surface area contributed by atoms with Crippen LogP contribution in [-0.4, -0.2) is 35.5 Å². The van der Waals surface area contributed by atoms with Gasteiger partial charge in [-0.3, -0.25) is 4.79 Å². The highest BCUT2D eigenvalue weighted by molar-refractivity contribution is 5.92. The highest BCUT2D eigenvalue weighted by atomic mass is 16.5. The lowest BCUT2D eigenvalue weighted by molar-refractivity contribution is -0.304. The largest absolute Gasteiger partial charge is 0.550 e. The summed E-state index contributed by atoms with van der Waals surface area (Å²) in [4.78, 5) is 29.6. The Morgan fingerprint density at radius 2 is 2.00 bits per heavy atom. The normalized spacial score (nSPS) is 10.4. The molecular weight excluding hydrogens is 216 g/mol. The number of Topliss-reactive ketones (excluding diaryl/α,β-unsaturated/α-hetero) is 1. The van der Waals surface area contributed by atoms with E-state index in [4.69, 9.17) is 5.11 Å². The molecule has 6 heteroatoms. The number of carboxylic acid groups (broad SMARTS) is 1. The average Bonchev–Trinajstić information content (AvgIpc) is 2.12. The molecule has 1 atom stereocenters. The molecule has 0 heterocycles. The topological polar surface area (TPSA) is 104 Å². The average molecular weight is 231 g/mol. The number of rotatable bonds is 5. The first kappa shape index (κ1) is 16.7. The van der Waals surface area contributed by atoms with Gasteiger partial charge in [0, 0.05) is 18.5 Å². The summed E-state index contributed by atoms with van der Waals surface area (Å²) in [6, 6.07) is 0. The van der Waals surface area contributed by atoms with Crippen molar-refractivity contribution in [3.63, 3.8) is 0 Å². The second kappa shape index (κ2) is 9.85. The third-order valence-corrected chi connectivity index (χ3v) is 1.03. The van der Waals surface area contributed by atoms with Gasteiger partial charge in [-0.25, -0.2) is 4.79 Å². The van der Waals surface area contributed by atoms with Crippen LogP contribution in [0, 0.1) is 0 Å². The summed E-state index contributed by atoms with van der Waals surface area (Å²) >= 11 is 0. The Kier molecular flexibility index (Phi) is 10.3. The third kappa shape index (κ3) is 18.2. The van der Waals surface area contributed by atoms with Crippen molar-refractivity contribution in [2.75, 3.05) is 6.61 Å². The van der Waals surface area contributed by atoms with E-state index < -0.39 is 24.5 Å². The Morgan fingerprint density at radius 1 is 1.50 bits per heavy atom. The van der Waals surface area contributed by atoms with Crippen LogP contribution < -0.4 is 5.11 Å². The number of carbonyl (C=O) groups excluding carboxylic acids is 3. The van der Waals surface area contributed by atoms with Gasteiger partial charge in [0.1, 0.15) is 12.4 Å². The number of carboxylic acids is 1. The number of aliphatic hydroxyl groups is 1. The van der Waals surface area contributed by atoms with E-state index in [9.17, 15) is 19.5 Å². The first-order valence-corrected chi connectivity index (χ1v) is 4.46. The van der Waals surface area contributed by atoms with Crippen LogP contribution in [0.5, 0.6) is 0 Å². The van der Waals surface area contributed by atoms with Crippen molar-refractivity contribution >= 4 is 17.7 Å². The minimum Gasteiger partial charge on any atom is -0.550 e. The van der Waals surface area contributed by atoms with Crippen molar-refractivity contribution in [2.24, 2.45) is 0 Å². The summed E-state index contributed by atoms with van der Waals surface area (Å²) < 4.78 is 4.45. The van der Waals surface area contributed by atoms with Gasteiger partial charge in [0.2, 0.25) is 0 Å². The smallest absolute Gasteiger partial charge is 0.330 e. The molecule has 0 bridgehead atoms. The fraction of sp³-hybridized carbons (Fsp3) is 0.500. The molecule has 0 saturated heterocycles. The van der Waals surface area contributed by atoms with E-state index in [0.717, 1.165) is 6.08 Å². The van der Waals surface area contributed by atoms with Gasteiger partial charge in [0.05, 0.1) is 6.10 Å². The number of aliphatic hydroxyl groups excluding tert-OH is 1. The molecule has 0 radical (unpaired) electrons. The Bertz CT molecular complexity index is 244. The minimum absolute atomic E-state index is 0.0326. The molecule has 0 aliphatic heterocycles. The molecule has 0 aromatic rings. The third-order valence-electron chi connectivity index (χ3n) is 1.03. The molecule has 1 unspecified atom stereocenters. The molecule has 0 fully saturated rings. The molecule has 0 spiro atoms. The predicted molar refractivity (Wildman–Crippen MR) is 53.1 cm³/mol. The van der Waals surface area contributed by atoms with Gasteiger partial charge < -0.3 is 19.7 Å². The van der Waals surface area contributed by atoms with Gasteiger partial charge in [0.15, 0.2) is 0 Å². The summed E-state index contributed by atoms with van der Waals surface area (Å²) in [6.07, 6.45) is -0.0172. The van der Waals surface area contributed by atoms with Crippen molar-refractivity contribution in [2.45, 2.75) is 26.4 Å². The monoisotopic (exact) mass is 231 g/mol. The molecule has 0 aliphatic carbocycles. The van der Waals surface area contributed by atoms with Crippen LogP contribution in [0.1, 0.15) is 20.3 Å². The molecule has 0 aromatic heterocycles. The maximum absolute atomic E-state index is 10.3. The lowest BCUT2D eigenvalue weighted by Gasteiger charge is -2.02. The zero-order chi connectivity index (χ0) is 13.1. The molecule has 6 nitrogen and oxygen atoms in total. The summed E-state index contributed by atoms with van der Waals surface area (Å²) in [5, 5.41) is 18.1. The molecule has 0 aliphatic rings. The molecule has 0 rings (SSSR count). The Hall–Kier alpha value is -1.69. The van der Waals surface area contributed by atoms with Crippen molar-refractivity contribution in [1.29, 1.82) is 0 Å². The zero-order valence-electron chi connectivity index (χ0n) is 9.26. The van der Waals surface area contributed by atoms with Gasteiger partial charge in [-0.15, -0.1) is 0 Å². The standard InChI is InChI=1S/C6H10O3.C4H6O3/c1-3-6(8)9-4-5(2)7;1-3(5)2-4(6)7/h3,5,7H,1,4H2,2H3;2H2,1H3,(H,6,7)/p-1. The van der Waals surface area contributed by atoms with Crippen LogP contribution in [0.4, 0.5) is 0 Å². The van der Waals surface area contributed by atoms with E-state index in [1.807, 2.05) is 0 Å². The van der Waals surface area contributed by atoms with Gasteiger partial charge in [-0.05, 0) is 13.8 Å². The lowest BCUT2D eigenvalue weighted by atomic mass is 10.3. The summed E-state index contributed by atoms with van der Waals surface area (Å²) in [5.74, 6) is -2.19. The first-order chi connectivity index (χ1) is 7.29. The van der Waals surface area contributed by atoms with E-state index >= 15 is 0 Å². The predicted octanol–water partition coefficient (Wildman–Crippen LogP) is -1.19. The number of ketones is 1. The van der Waals surface area contributed by atoms with Gasteiger partial charge in [-0.2, -0.15) is 0 Å². The number of aliphatic carboxylic acids is 1. The van der Waals surface area contributed by atoms with Crippen molar-refractivity contribution in [3.05, 3.63) is 12.7 Å². The molecule has 0 saturated carbocycles. The van der Waals surface area contributed by atoms with E-state index in [2.05, 4.69) is 11.3 Å². The van der Waals surface area contributed by atoms with Crippen molar-refractivity contribution in [1.82, 2.24) is 0 Å². The summed E-state index contributed by atoms with van der Waals surface area (Å²) in [7, 11) is 0. The molecular formula is C10H15O6-. The van der Waals surface area contributed by atoms with Crippen LogP contribution in [0.3, 0.4) is 0 Å². The Labute approximate surface area is 93.5 Å². The highest BCUT2D eigenvalue weighted by Gasteiger charge is 1.98. The van der Waals surface area contributed by atoms with Crippen LogP contribution in [-0.2, 0) is 19.1 Å². The molecule has 92 valence electrons. The fourth-order valence-corrected chi connectivity index (χ4v) is 0.465. The second-order valence-corrected chi connectivity index (χ2v) is 2.93. The number of ether oxygens (including phenoxy) is 1. The number of esters is 1. The molecule has 1 N–H and O–H groups in total. The molecule has 0 aromatic carbocycles. The number of hydrogen-bond acceptors (Lipinski definition) is 6. The van der Waals surface area contributed by atoms with Gasteiger partial charge in [0.25, 0.3) is 0 Å². The lowest BCUT2D eigenvalue weighted by Crippen LogP contribution is -2.24. The van der Waals surface area contributed by atoms with Gasteiger partial charge >= 0.3 is 5.97 Å². The maximum atomic E-state index is 10.3. The van der Waals surface area contributed by atoms with E-state index in [1.165, 1.54) is 13.8 Å². The fourth-order valence-electron chi connectivity index (χ4n) is 0.465. The van der Waals surface area contributed by atoms with Gasteiger partial charge in [-0.1, -0.05) is 6.58 Å². The van der Waals surface area contributed by atoms with E-state index in [0.29, 0.717) is 0 Å². The molecule has 0 amide bonds. The summed E-state index contributed by atoms with van der Waals surface area (Å²) in [5.41, 5.74) is 0. The van der Waals surface area contributed by atoms with Crippen LogP contribution in [0.15, 0.2) is 12.7 Å². The van der Waals surface area contributed by atoms with E-state index in [-0.39, 0.29) is 12.4 Å². The SMILES string of the molecule is C=CC(=O)OCC(C)O.CC(=O)CC(=O)[O-]. The second-order valence-electron chi connectivity index (χ2n) is 2.93. The van der Waals surface area contributed by atoms with E-state index in [1.54, 1.807) is 0 Å². The molecule has 16 heavy (non-hydrogen) atoms. The minimum atomic E-state index is -1.31. The first-order valence-electron chi connectivity index (χ1n) is 4.46. The maximum Gasteiger partial charge on any atom is 0.330 e. The Morgan fingerprint density at radius 3 is 2.19 bits per heavy atom. The quantitative estimate of drug-likeness (QED) is 0.362. The van der Waals surface area contributed by atoms with Crippen molar-refractivity contribution < 1.29 is 29.3 Å². The van der Waals surface area contributed by atoms with Crippen molar-refractivity contribution in [3.8, 4) is 0 Å². The van der Waals surface area contributed by atoms with Crippen LogP contribution >= 0.6 is 0 Å². The van der Waals surface area contributed by atoms with Crippen LogP contribution in [0.25, 0.3) is 0 Å². The number of hydrogen-bond donors (Lipinski definition) is 1. The zero-order valence-corrected chi connectivity index (χ0v) is 9.26. The van der Waals surface area contributed by atoms with Crippen LogP contribution in [0.2, 0.25) is 0 Å². The Balaban J connectivity index is 0. The number of carbonyl (C=O) groups is 3. The summed E-state index contributed by atoms with van der Waals surface area (Å²) in [6.45, 7) is 5.96. The highest BCUT2D eigenvalue weighted by Crippen LogP contribution is 1.83.